The smallest absolute Gasteiger partial charge is 0.257 e. The maximum absolute atomic E-state index is 13.9. The third-order valence-electron chi connectivity index (χ3n) is 6.43. The number of amides is 2. The Kier molecular flexibility index (Phi) is 7.38. The SMILES string of the molecule is CSC1(C)C=CC=C(Oc2ncc(F)cc2C(=O)NC2CCN(C(=O)C3CCOC3)CC2)C1. The minimum absolute atomic E-state index is 0.0499. The van der Waals surface area contributed by atoms with Crippen molar-refractivity contribution < 1.29 is 23.5 Å². The predicted octanol–water partition coefficient (Wildman–Crippen LogP) is 3.32. The van der Waals surface area contributed by atoms with Crippen molar-refractivity contribution in [1.82, 2.24) is 15.2 Å². The summed E-state index contributed by atoms with van der Waals surface area (Å²) >= 11 is 1.71. The van der Waals surface area contributed by atoms with E-state index in [1.54, 1.807) is 11.8 Å². The normalized spacial score (nSPS) is 25.6. The second-order valence-electron chi connectivity index (χ2n) is 8.93. The maximum Gasteiger partial charge on any atom is 0.257 e. The van der Waals surface area contributed by atoms with Crippen molar-refractivity contribution in [3.05, 3.63) is 47.6 Å². The van der Waals surface area contributed by atoms with E-state index in [-0.39, 0.29) is 34.1 Å². The van der Waals surface area contributed by atoms with Gasteiger partial charge in [0.15, 0.2) is 0 Å². The van der Waals surface area contributed by atoms with Crippen LogP contribution in [-0.2, 0) is 9.53 Å². The number of hydrogen-bond acceptors (Lipinski definition) is 6. The molecule has 2 saturated heterocycles. The fourth-order valence-electron chi connectivity index (χ4n) is 4.32. The Labute approximate surface area is 197 Å². The van der Waals surface area contributed by atoms with E-state index in [0.29, 0.717) is 51.3 Å². The van der Waals surface area contributed by atoms with Crippen molar-refractivity contribution in [3.63, 3.8) is 0 Å². The molecule has 2 amide bonds. The molecule has 0 radical (unpaired) electrons. The number of nitrogens with zero attached hydrogens (tertiary/aromatic N) is 2. The number of aromatic nitrogens is 1. The van der Waals surface area contributed by atoms with E-state index < -0.39 is 11.7 Å². The molecule has 0 bridgehead atoms. The van der Waals surface area contributed by atoms with Crippen LogP contribution in [0.5, 0.6) is 5.88 Å². The number of halogens is 1. The van der Waals surface area contributed by atoms with Crippen LogP contribution in [-0.4, -0.2) is 65.0 Å². The molecule has 1 aliphatic carbocycles. The van der Waals surface area contributed by atoms with Gasteiger partial charge >= 0.3 is 0 Å². The van der Waals surface area contributed by atoms with Crippen LogP contribution >= 0.6 is 11.8 Å². The minimum Gasteiger partial charge on any atom is -0.443 e. The molecule has 0 saturated carbocycles. The summed E-state index contributed by atoms with van der Waals surface area (Å²) in [4.78, 5) is 31.5. The van der Waals surface area contributed by atoms with Gasteiger partial charge in [-0.2, -0.15) is 11.8 Å². The van der Waals surface area contributed by atoms with Crippen molar-refractivity contribution in [2.75, 3.05) is 32.6 Å². The molecule has 7 nitrogen and oxygen atoms in total. The largest absolute Gasteiger partial charge is 0.443 e. The van der Waals surface area contributed by atoms with Crippen LogP contribution < -0.4 is 10.1 Å². The number of thioether (sulfide) groups is 1. The molecule has 1 aromatic rings. The Morgan fingerprint density at radius 3 is 2.82 bits per heavy atom. The Morgan fingerprint density at radius 1 is 1.33 bits per heavy atom. The van der Waals surface area contributed by atoms with Gasteiger partial charge in [0.2, 0.25) is 11.8 Å². The van der Waals surface area contributed by atoms with Gasteiger partial charge in [0.05, 0.1) is 18.7 Å². The van der Waals surface area contributed by atoms with Crippen LogP contribution in [0.15, 0.2) is 36.3 Å². The fourth-order valence-corrected chi connectivity index (χ4v) is 4.82. The molecule has 3 aliphatic rings. The first-order chi connectivity index (χ1) is 15.9. The van der Waals surface area contributed by atoms with Crippen LogP contribution in [0.4, 0.5) is 4.39 Å². The Morgan fingerprint density at radius 2 is 2.12 bits per heavy atom. The number of rotatable bonds is 6. The van der Waals surface area contributed by atoms with E-state index in [1.165, 1.54) is 0 Å². The van der Waals surface area contributed by atoms with Crippen LogP contribution in [0, 0.1) is 11.7 Å². The van der Waals surface area contributed by atoms with Crippen LogP contribution in [0.2, 0.25) is 0 Å². The van der Waals surface area contributed by atoms with Crippen molar-refractivity contribution in [2.45, 2.75) is 43.4 Å². The summed E-state index contributed by atoms with van der Waals surface area (Å²) in [5.41, 5.74) is 0.0675. The number of hydrogen-bond donors (Lipinski definition) is 1. The molecule has 1 N–H and O–H groups in total. The highest BCUT2D eigenvalue weighted by Gasteiger charge is 2.32. The molecular weight excluding hydrogens is 445 g/mol. The molecule has 33 heavy (non-hydrogen) atoms. The third-order valence-corrected chi connectivity index (χ3v) is 7.65. The van der Waals surface area contributed by atoms with Gasteiger partial charge in [-0.05, 0) is 44.6 Å². The zero-order valence-corrected chi connectivity index (χ0v) is 19.8. The number of likely N-dealkylation sites (tertiary alicyclic amines) is 1. The highest BCUT2D eigenvalue weighted by Crippen LogP contribution is 2.35. The Bertz CT molecular complexity index is 955. The zero-order valence-electron chi connectivity index (χ0n) is 19.0. The third kappa shape index (κ3) is 5.76. The number of pyridine rings is 1. The first-order valence-corrected chi connectivity index (χ1v) is 12.5. The van der Waals surface area contributed by atoms with Crippen molar-refractivity contribution in [3.8, 4) is 5.88 Å². The lowest BCUT2D eigenvalue weighted by Gasteiger charge is -2.33. The fraction of sp³-hybridized carbons (Fsp3) is 0.542. The zero-order chi connectivity index (χ0) is 23.4. The second-order valence-corrected chi connectivity index (χ2v) is 10.3. The lowest BCUT2D eigenvalue weighted by Crippen LogP contribution is -2.48. The quantitative estimate of drug-likeness (QED) is 0.680. The number of carbonyl (C=O) groups is 2. The standard InChI is InChI=1S/C24H30FN3O4S/c1-24(33-2)8-3-4-19(13-24)32-22-20(12-17(25)14-26-22)21(29)27-18-5-9-28(10-6-18)23(30)16-7-11-31-15-16/h3-4,8,12,14,16,18H,5-7,9-11,13,15H2,1-2H3,(H,27,29). The van der Waals surface area contributed by atoms with Crippen molar-refractivity contribution in [1.29, 1.82) is 0 Å². The summed E-state index contributed by atoms with van der Waals surface area (Å²) in [5.74, 6) is -0.179. The highest BCUT2D eigenvalue weighted by molar-refractivity contribution is 8.00. The van der Waals surface area contributed by atoms with Gasteiger partial charge in [0.25, 0.3) is 5.91 Å². The van der Waals surface area contributed by atoms with Gasteiger partial charge in [0.1, 0.15) is 17.1 Å². The number of piperidine rings is 1. The monoisotopic (exact) mass is 475 g/mol. The van der Waals surface area contributed by atoms with E-state index in [0.717, 1.165) is 18.7 Å². The molecule has 0 spiro atoms. The van der Waals surface area contributed by atoms with Gasteiger partial charge < -0.3 is 19.7 Å². The molecule has 2 unspecified atom stereocenters. The van der Waals surface area contributed by atoms with Gasteiger partial charge in [-0.15, -0.1) is 0 Å². The first-order valence-electron chi connectivity index (χ1n) is 11.3. The van der Waals surface area contributed by atoms with E-state index in [1.807, 2.05) is 23.3 Å². The molecule has 3 heterocycles. The summed E-state index contributed by atoms with van der Waals surface area (Å²) in [6.07, 6.45) is 11.7. The van der Waals surface area contributed by atoms with Crippen LogP contribution in [0.25, 0.3) is 0 Å². The second kappa shape index (κ2) is 10.3. The van der Waals surface area contributed by atoms with Gasteiger partial charge in [-0.25, -0.2) is 9.37 Å². The molecule has 0 aromatic carbocycles. The molecule has 2 atom stereocenters. The Balaban J connectivity index is 1.37. The van der Waals surface area contributed by atoms with Crippen LogP contribution in [0.3, 0.4) is 0 Å². The number of carbonyl (C=O) groups excluding carboxylic acids is 2. The number of ether oxygens (including phenoxy) is 2. The molecule has 178 valence electrons. The topological polar surface area (TPSA) is 80.8 Å². The van der Waals surface area contributed by atoms with Gasteiger partial charge in [-0.3, -0.25) is 9.59 Å². The average molecular weight is 476 g/mol. The van der Waals surface area contributed by atoms with Crippen LogP contribution in [0.1, 0.15) is 43.0 Å². The van der Waals surface area contributed by atoms with E-state index in [2.05, 4.69) is 23.3 Å². The van der Waals surface area contributed by atoms with Crippen molar-refractivity contribution >= 4 is 23.6 Å². The van der Waals surface area contributed by atoms with Gasteiger partial charge in [-0.1, -0.05) is 12.2 Å². The molecule has 1 aromatic heterocycles. The van der Waals surface area contributed by atoms with Crippen molar-refractivity contribution in [2.24, 2.45) is 5.92 Å². The van der Waals surface area contributed by atoms with E-state index in [4.69, 9.17) is 9.47 Å². The summed E-state index contributed by atoms with van der Waals surface area (Å²) < 4.78 is 25.1. The summed E-state index contributed by atoms with van der Waals surface area (Å²) in [6.45, 7) is 4.40. The summed E-state index contributed by atoms with van der Waals surface area (Å²) in [7, 11) is 0. The summed E-state index contributed by atoms with van der Waals surface area (Å²) in [6, 6.07) is 1.05. The highest BCUT2D eigenvalue weighted by atomic mass is 32.2. The minimum atomic E-state index is -0.599. The molecular formula is C24H30FN3O4S. The van der Waals surface area contributed by atoms with E-state index >= 15 is 0 Å². The lowest BCUT2D eigenvalue weighted by molar-refractivity contribution is -0.136. The summed E-state index contributed by atoms with van der Waals surface area (Å²) in [5, 5.41) is 2.97. The average Bonchev–Trinajstić information content (AvgIpc) is 3.35. The maximum atomic E-state index is 13.9. The Hall–Kier alpha value is -2.39. The molecule has 4 rings (SSSR count). The number of allylic oxidation sites excluding steroid dienone is 3. The number of nitrogens with one attached hydrogen (secondary N) is 1. The first kappa shape index (κ1) is 23.8. The molecule has 2 aliphatic heterocycles. The predicted molar refractivity (Wildman–Crippen MR) is 125 cm³/mol. The lowest BCUT2D eigenvalue weighted by atomic mass is 10.0. The molecule has 9 heteroatoms. The van der Waals surface area contributed by atoms with Gasteiger partial charge in [0, 0.05) is 36.9 Å². The molecule has 2 fully saturated rings. The van der Waals surface area contributed by atoms with E-state index in [9.17, 15) is 14.0 Å².